The Balaban J connectivity index is 1.55. The van der Waals surface area contributed by atoms with Crippen LogP contribution in [0.1, 0.15) is 62.4 Å². The van der Waals surface area contributed by atoms with Crippen LogP contribution in [-0.2, 0) is 16.0 Å². The standard InChI is InChI=1S/C26H32N4O4/c1-5-22(31)28-14-15-33-24-23-20(12-13-29(21(23)16-28)25(32)34-26(2,3)4)30(27-24)19-10-8-18(9-11-19)17-6-7-17/h5,8-11,17,21H,1,6-7,12-16H2,2-4H3/t21-/m0/s1. The molecule has 0 radical (unpaired) electrons. The molecular weight excluding hydrogens is 432 g/mol. The van der Waals surface area contributed by atoms with E-state index in [1.807, 2.05) is 25.5 Å². The molecule has 5 rings (SSSR count). The van der Waals surface area contributed by atoms with Crippen molar-refractivity contribution in [3.8, 4) is 11.6 Å². The third-order valence-corrected chi connectivity index (χ3v) is 6.58. The zero-order chi connectivity index (χ0) is 24.0. The van der Waals surface area contributed by atoms with Gasteiger partial charge in [-0.25, -0.2) is 9.48 Å². The van der Waals surface area contributed by atoms with Crippen molar-refractivity contribution in [2.45, 2.75) is 57.6 Å². The summed E-state index contributed by atoms with van der Waals surface area (Å²) in [7, 11) is 0. The Morgan fingerprint density at radius 2 is 1.91 bits per heavy atom. The van der Waals surface area contributed by atoms with Crippen molar-refractivity contribution in [1.82, 2.24) is 19.6 Å². The van der Waals surface area contributed by atoms with E-state index >= 15 is 0 Å². The first-order chi connectivity index (χ1) is 16.2. The van der Waals surface area contributed by atoms with Gasteiger partial charge in [0, 0.05) is 19.5 Å². The highest BCUT2D eigenvalue weighted by molar-refractivity contribution is 5.87. The molecule has 3 heterocycles. The van der Waals surface area contributed by atoms with Gasteiger partial charge in [-0.05, 0) is 63.3 Å². The maximum absolute atomic E-state index is 13.2. The fourth-order valence-corrected chi connectivity index (χ4v) is 4.79. The van der Waals surface area contributed by atoms with E-state index in [0.717, 1.165) is 16.9 Å². The van der Waals surface area contributed by atoms with Crippen LogP contribution < -0.4 is 4.74 Å². The van der Waals surface area contributed by atoms with Gasteiger partial charge < -0.3 is 14.4 Å². The molecule has 1 aliphatic carbocycles. The number of rotatable bonds is 3. The topological polar surface area (TPSA) is 76.9 Å². The maximum atomic E-state index is 13.2. The van der Waals surface area contributed by atoms with Gasteiger partial charge in [-0.3, -0.25) is 9.69 Å². The minimum Gasteiger partial charge on any atom is -0.474 e. The van der Waals surface area contributed by atoms with Crippen molar-refractivity contribution in [1.29, 1.82) is 0 Å². The average molecular weight is 465 g/mol. The fourth-order valence-electron chi connectivity index (χ4n) is 4.79. The summed E-state index contributed by atoms with van der Waals surface area (Å²) < 4.78 is 13.7. The smallest absolute Gasteiger partial charge is 0.410 e. The number of carbonyl (C=O) groups is 2. The van der Waals surface area contributed by atoms with Crippen molar-refractivity contribution in [2.24, 2.45) is 0 Å². The third-order valence-electron chi connectivity index (χ3n) is 6.58. The van der Waals surface area contributed by atoms with Crippen LogP contribution in [0.2, 0.25) is 0 Å². The van der Waals surface area contributed by atoms with Crippen LogP contribution >= 0.6 is 0 Å². The Morgan fingerprint density at radius 3 is 2.56 bits per heavy atom. The van der Waals surface area contributed by atoms with Crippen molar-refractivity contribution < 1.29 is 19.1 Å². The molecule has 1 fully saturated rings. The molecule has 0 spiro atoms. The van der Waals surface area contributed by atoms with Gasteiger partial charge in [-0.1, -0.05) is 18.7 Å². The van der Waals surface area contributed by atoms with Gasteiger partial charge in [0.15, 0.2) is 0 Å². The number of nitrogens with zero attached hydrogens (tertiary/aromatic N) is 4. The summed E-state index contributed by atoms with van der Waals surface area (Å²) in [6, 6.07) is 8.15. The maximum Gasteiger partial charge on any atom is 0.410 e. The molecular formula is C26H32N4O4. The molecule has 0 saturated heterocycles. The lowest BCUT2D eigenvalue weighted by Crippen LogP contribution is -2.49. The van der Waals surface area contributed by atoms with Crippen LogP contribution in [0.3, 0.4) is 0 Å². The molecule has 3 aliphatic rings. The minimum atomic E-state index is -0.623. The zero-order valence-electron chi connectivity index (χ0n) is 20.1. The van der Waals surface area contributed by atoms with Crippen molar-refractivity contribution >= 4 is 12.0 Å². The molecule has 8 nitrogen and oxygen atoms in total. The molecule has 180 valence electrons. The van der Waals surface area contributed by atoms with E-state index in [4.69, 9.17) is 14.6 Å². The second-order valence-corrected chi connectivity index (χ2v) is 10.2. The van der Waals surface area contributed by atoms with Crippen LogP contribution in [0, 0.1) is 0 Å². The van der Waals surface area contributed by atoms with E-state index in [9.17, 15) is 9.59 Å². The molecule has 1 saturated carbocycles. The molecule has 0 bridgehead atoms. The molecule has 1 aromatic heterocycles. The summed E-state index contributed by atoms with van der Waals surface area (Å²) in [5, 5.41) is 4.82. The predicted octanol–water partition coefficient (Wildman–Crippen LogP) is 3.99. The summed E-state index contributed by atoms with van der Waals surface area (Å²) in [6.45, 7) is 10.7. The summed E-state index contributed by atoms with van der Waals surface area (Å²) in [5.41, 5.74) is 3.57. The second-order valence-electron chi connectivity index (χ2n) is 10.2. The lowest BCUT2D eigenvalue weighted by molar-refractivity contribution is -0.127. The van der Waals surface area contributed by atoms with E-state index in [-0.39, 0.29) is 5.91 Å². The molecule has 2 aliphatic heterocycles. The Morgan fingerprint density at radius 1 is 1.18 bits per heavy atom. The van der Waals surface area contributed by atoms with Gasteiger partial charge in [-0.15, -0.1) is 5.10 Å². The van der Waals surface area contributed by atoms with Crippen molar-refractivity contribution in [3.63, 3.8) is 0 Å². The molecule has 1 atom stereocenters. The zero-order valence-corrected chi connectivity index (χ0v) is 20.1. The van der Waals surface area contributed by atoms with Crippen LogP contribution in [0.5, 0.6) is 5.88 Å². The Hall–Kier alpha value is -3.29. The van der Waals surface area contributed by atoms with Gasteiger partial charge in [0.2, 0.25) is 11.8 Å². The van der Waals surface area contributed by atoms with Gasteiger partial charge in [0.25, 0.3) is 0 Å². The Bertz CT molecular complexity index is 1110. The summed E-state index contributed by atoms with van der Waals surface area (Å²) in [4.78, 5) is 29.1. The van der Waals surface area contributed by atoms with Crippen LogP contribution in [-0.4, -0.2) is 63.4 Å². The first-order valence-electron chi connectivity index (χ1n) is 12.0. The van der Waals surface area contributed by atoms with E-state index < -0.39 is 17.7 Å². The lowest BCUT2D eigenvalue weighted by atomic mass is 9.97. The van der Waals surface area contributed by atoms with Gasteiger partial charge in [-0.2, -0.15) is 0 Å². The normalized spacial score (nSPS) is 20.0. The van der Waals surface area contributed by atoms with Gasteiger partial charge in [0.05, 0.1) is 29.5 Å². The Labute approximate surface area is 200 Å². The largest absolute Gasteiger partial charge is 0.474 e. The highest BCUT2D eigenvalue weighted by Gasteiger charge is 2.41. The van der Waals surface area contributed by atoms with Crippen LogP contribution in [0.15, 0.2) is 36.9 Å². The average Bonchev–Trinajstić information content (AvgIpc) is 3.57. The number of hydrogen-bond donors (Lipinski definition) is 0. The lowest BCUT2D eigenvalue weighted by Gasteiger charge is -2.40. The van der Waals surface area contributed by atoms with Gasteiger partial charge in [0.1, 0.15) is 12.2 Å². The second kappa shape index (κ2) is 8.49. The molecule has 1 aromatic carbocycles. The number of benzene rings is 1. The highest BCUT2D eigenvalue weighted by Crippen LogP contribution is 2.42. The quantitative estimate of drug-likeness (QED) is 0.642. The number of aromatic nitrogens is 2. The minimum absolute atomic E-state index is 0.189. The van der Waals surface area contributed by atoms with Crippen molar-refractivity contribution in [3.05, 3.63) is 53.7 Å². The van der Waals surface area contributed by atoms with E-state index in [2.05, 4.69) is 30.8 Å². The first-order valence-corrected chi connectivity index (χ1v) is 12.0. The number of carbonyl (C=O) groups excluding carboxylic acids is 2. The summed E-state index contributed by atoms with van der Waals surface area (Å²) in [6.07, 6.45) is 4.03. The van der Waals surface area contributed by atoms with Gasteiger partial charge >= 0.3 is 6.09 Å². The van der Waals surface area contributed by atoms with E-state index in [1.165, 1.54) is 24.5 Å². The van der Waals surface area contributed by atoms with Crippen molar-refractivity contribution in [2.75, 3.05) is 26.2 Å². The monoisotopic (exact) mass is 464 g/mol. The number of amides is 2. The van der Waals surface area contributed by atoms with Crippen LogP contribution in [0.4, 0.5) is 4.79 Å². The molecule has 2 amide bonds. The third kappa shape index (κ3) is 4.29. The predicted molar refractivity (Wildman–Crippen MR) is 127 cm³/mol. The molecule has 2 aromatic rings. The van der Waals surface area contributed by atoms with E-state index in [0.29, 0.717) is 44.5 Å². The highest BCUT2D eigenvalue weighted by atomic mass is 16.6. The Kier molecular flexibility index (Phi) is 5.62. The summed E-state index contributed by atoms with van der Waals surface area (Å²) in [5.74, 6) is 1.02. The fraction of sp³-hybridized carbons (Fsp3) is 0.500. The molecule has 0 unspecified atom stereocenters. The SMILES string of the molecule is C=CC(=O)N1CCOc2nn(-c3ccc(C4CC4)cc3)c3c2[C@H](C1)N(C(=O)OC(C)(C)C)CC3. The van der Waals surface area contributed by atoms with E-state index in [1.54, 1.807) is 9.80 Å². The number of hydrogen-bond acceptors (Lipinski definition) is 5. The first kappa shape index (κ1) is 22.5. The number of ether oxygens (including phenoxy) is 2. The molecule has 8 heteroatoms. The van der Waals surface area contributed by atoms with Crippen LogP contribution in [0.25, 0.3) is 5.69 Å². The molecule has 0 N–H and O–H groups in total. The summed E-state index contributed by atoms with van der Waals surface area (Å²) >= 11 is 0. The molecule has 34 heavy (non-hydrogen) atoms.